The second-order valence-corrected chi connectivity index (χ2v) is 6.03. The molecule has 88 valence electrons. The first kappa shape index (κ1) is 11.8. The van der Waals surface area contributed by atoms with E-state index in [0.29, 0.717) is 10.6 Å². The minimum absolute atomic E-state index is 0.295. The van der Waals surface area contributed by atoms with Crippen LogP contribution in [0.25, 0.3) is 11.3 Å². The van der Waals surface area contributed by atoms with Crippen LogP contribution in [0.1, 0.15) is 5.56 Å². The first-order chi connectivity index (χ1) is 7.97. The zero-order valence-corrected chi connectivity index (χ0v) is 10.5. The molecular formula is C13H13NO2S. The Hall–Kier alpha value is -1.68. The topological polar surface area (TPSA) is 47.0 Å². The summed E-state index contributed by atoms with van der Waals surface area (Å²) in [5.41, 5.74) is 2.75. The summed E-state index contributed by atoms with van der Waals surface area (Å²) in [6.07, 6.45) is 2.72. The molecule has 0 unspecified atom stereocenters. The summed E-state index contributed by atoms with van der Waals surface area (Å²) < 4.78 is 22.9. The van der Waals surface area contributed by atoms with Gasteiger partial charge in [-0.1, -0.05) is 29.8 Å². The smallest absolute Gasteiger partial charge is 0.175 e. The highest BCUT2D eigenvalue weighted by Crippen LogP contribution is 2.20. The lowest BCUT2D eigenvalue weighted by Crippen LogP contribution is -1.98. The summed E-state index contributed by atoms with van der Waals surface area (Å²) in [7, 11) is -3.18. The highest BCUT2D eigenvalue weighted by molar-refractivity contribution is 7.90. The van der Waals surface area contributed by atoms with Gasteiger partial charge in [0.25, 0.3) is 0 Å². The number of hydrogen-bond donors (Lipinski definition) is 0. The van der Waals surface area contributed by atoms with Crippen LogP contribution >= 0.6 is 0 Å². The van der Waals surface area contributed by atoms with Crippen molar-refractivity contribution < 1.29 is 8.42 Å². The van der Waals surface area contributed by atoms with Gasteiger partial charge in [0.1, 0.15) is 0 Å². The molecule has 0 N–H and O–H groups in total. The van der Waals surface area contributed by atoms with Crippen LogP contribution in [0.5, 0.6) is 0 Å². The number of sulfone groups is 1. The van der Waals surface area contributed by atoms with E-state index < -0.39 is 9.84 Å². The maximum Gasteiger partial charge on any atom is 0.175 e. The molecule has 0 amide bonds. The summed E-state index contributed by atoms with van der Waals surface area (Å²) in [6.45, 7) is 2.00. The molecule has 1 aromatic carbocycles. The van der Waals surface area contributed by atoms with Crippen LogP contribution in [-0.2, 0) is 9.84 Å². The third kappa shape index (κ3) is 2.71. The number of rotatable bonds is 2. The predicted molar refractivity (Wildman–Crippen MR) is 67.5 cm³/mol. The summed E-state index contributed by atoms with van der Waals surface area (Å²) in [4.78, 5) is 4.48. The Morgan fingerprint density at radius 1 is 1.06 bits per heavy atom. The number of nitrogens with zero attached hydrogens (tertiary/aromatic N) is 1. The van der Waals surface area contributed by atoms with E-state index in [9.17, 15) is 8.42 Å². The van der Waals surface area contributed by atoms with Gasteiger partial charge in [0.15, 0.2) is 9.84 Å². The summed E-state index contributed by atoms with van der Waals surface area (Å²) in [6, 6.07) is 10.9. The van der Waals surface area contributed by atoms with Gasteiger partial charge in [0.05, 0.1) is 10.6 Å². The van der Waals surface area contributed by atoms with Crippen molar-refractivity contribution >= 4 is 9.84 Å². The quantitative estimate of drug-likeness (QED) is 0.819. The normalized spacial score (nSPS) is 11.4. The van der Waals surface area contributed by atoms with Crippen molar-refractivity contribution in [2.24, 2.45) is 0 Å². The minimum atomic E-state index is -3.18. The predicted octanol–water partition coefficient (Wildman–Crippen LogP) is 2.46. The Kier molecular flexibility index (Phi) is 2.98. The van der Waals surface area contributed by atoms with Crippen molar-refractivity contribution in [3.8, 4) is 11.3 Å². The average molecular weight is 247 g/mol. The molecule has 0 bridgehead atoms. The van der Waals surface area contributed by atoms with Gasteiger partial charge in [-0.3, -0.25) is 4.98 Å². The monoisotopic (exact) mass is 247 g/mol. The molecule has 0 aliphatic carbocycles. The van der Waals surface area contributed by atoms with Crippen LogP contribution < -0.4 is 0 Å². The van der Waals surface area contributed by atoms with Crippen molar-refractivity contribution in [3.63, 3.8) is 0 Å². The Morgan fingerprint density at radius 2 is 1.71 bits per heavy atom. The maximum absolute atomic E-state index is 11.4. The van der Waals surface area contributed by atoms with E-state index in [0.717, 1.165) is 11.1 Å². The van der Waals surface area contributed by atoms with E-state index in [4.69, 9.17) is 0 Å². The van der Waals surface area contributed by atoms with Crippen LogP contribution in [0, 0.1) is 6.92 Å². The van der Waals surface area contributed by atoms with Gasteiger partial charge >= 0.3 is 0 Å². The molecule has 0 aliphatic rings. The second-order valence-electron chi connectivity index (χ2n) is 4.01. The number of hydrogen-bond acceptors (Lipinski definition) is 3. The van der Waals surface area contributed by atoms with Gasteiger partial charge in [-0.15, -0.1) is 0 Å². The Labute approximate surface area is 101 Å². The fraction of sp³-hybridized carbons (Fsp3) is 0.154. The summed E-state index contributed by atoms with van der Waals surface area (Å²) in [5.74, 6) is 0. The van der Waals surface area contributed by atoms with Crippen LogP contribution in [0.3, 0.4) is 0 Å². The van der Waals surface area contributed by atoms with Crippen LogP contribution in [0.15, 0.2) is 47.5 Å². The molecule has 1 aromatic heterocycles. The van der Waals surface area contributed by atoms with Gasteiger partial charge in [-0.25, -0.2) is 8.42 Å². The van der Waals surface area contributed by atoms with E-state index in [1.54, 1.807) is 6.07 Å². The molecule has 0 radical (unpaired) electrons. The lowest BCUT2D eigenvalue weighted by molar-refractivity contribution is 0.602. The SMILES string of the molecule is Cc1ccc(-c2cc(S(C)(=O)=O)ccn2)cc1. The Morgan fingerprint density at radius 3 is 2.29 bits per heavy atom. The van der Waals surface area contributed by atoms with Crippen molar-refractivity contribution in [1.82, 2.24) is 4.98 Å². The fourth-order valence-corrected chi connectivity index (χ4v) is 2.16. The van der Waals surface area contributed by atoms with E-state index in [-0.39, 0.29) is 0 Å². The first-order valence-electron chi connectivity index (χ1n) is 5.20. The molecule has 3 nitrogen and oxygen atoms in total. The molecular weight excluding hydrogens is 234 g/mol. The number of benzene rings is 1. The molecule has 0 aliphatic heterocycles. The molecule has 0 atom stereocenters. The lowest BCUT2D eigenvalue weighted by atomic mass is 10.1. The summed E-state index contributed by atoms with van der Waals surface area (Å²) in [5, 5.41) is 0. The molecule has 17 heavy (non-hydrogen) atoms. The standard InChI is InChI=1S/C13H13NO2S/c1-10-3-5-11(6-4-10)13-9-12(7-8-14-13)17(2,15)16/h3-9H,1-2H3. The van der Waals surface area contributed by atoms with E-state index in [1.165, 1.54) is 18.5 Å². The first-order valence-corrected chi connectivity index (χ1v) is 7.09. The minimum Gasteiger partial charge on any atom is -0.256 e. The maximum atomic E-state index is 11.4. The fourth-order valence-electron chi connectivity index (χ4n) is 1.52. The highest BCUT2D eigenvalue weighted by Gasteiger charge is 2.08. The van der Waals surface area contributed by atoms with Crippen molar-refractivity contribution in [1.29, 1.82) is 0 Å². The third-order valence-corrected chi connectivity index (χ3v) is 3.62. The van der Waals surface area contributed by atoms with Crippen LogP contribution in [0.2, 0.25) is 0 Å². The van der Waals surface area contributed by atoms with Crippen LogP contribution in [0.4, 0.5) is 0 Å². The number of pyridine rings is 1. The number of aromatic nitrogens is 1. The van der Waals surface area contributed by atoms with Gasteiger partial charge < -0.3 is 0 Å². The van der Waals surface area contributed by atoms with Gasteiger partial charge in [0, 0.05) is 18.0 Å². The zero-order chi connectivity index (χ0) is 12.5. The van der Waals surface area contributed by atoms with E-state index in [1.807, 2.05) is 31.2 Å². The molecule has 0 saturated carbocycles. The Bertz CT molecular complexity index is 631. The molecule has 0 spiro atoms. The molecule has 1 heterocycles. The van der Waals surface area contributed by atoms with Crippen LogP contribution in [-0.4, -0.2) is 19.7 Å². The second kappa shape index (κ2) is 4.30. The molecule has 2 aromatic rings. The van der Waals surface area contributed by atoms with Gasteiger partial charge in [-0.05, 0) is 19.1 Å². The van der Waals surface area contributed by atoms with Crippen molar-refractivity contribution in [2.75, 3.05) is 6.26 Å². The lowest BCUT2D eigenvalue weighted by Gasteiger charge is -2.03. The highest BCUT2D eigenvalue weighted by atomic mass is 32.2. The Balaban J connectivity index is 2.50. The van der Waals surface area contributed by atoms with Crippen molar-refractivity contribution in [3.05, 3.63) is 48.2 Å². The van der Waals surface area contributed by atoms with Crippen molar-refractivity contribution in [2.45, 2.75) is 11.8 Å². The number of aryl methyl sites for hydroxylation is 1. The molecule has 0 fully saturated rings. The zero-order valence-electron chi connectivity index (χ0n) is 9.71. The van der Waals surface area contributed by atoms with Gasteiger partial charge in [-0.2, -0.15) is 0 Å². The third-order valence-electron chi connectivity index (χ3n) is 2.51. The van der Waals surface area contributed by atoms with E-state index >= 15 is 0 Å². The molecule has 4 heteroatoms. The van der Waals surface area contributed by atoms with Gasteiger partial charge in [0.2, 0.25) is 0 Å². The van der Waals surface area contributed by atoms with E-state index in [2.05, 4.69) is 4.98 Å². The molecule has 2 rings (SSSR count). The molecule has 0 saturated heterocycles. The average Bonchev–Trinajstić information content (AvgIpc) is 2.29. The largest absolute Gasteiger partial charge is 0.256 e. The summed E-state index contributed by atoms with van der Waals surface area (Å²) >= 11 is 0.